The van der Waals surface area contributed by atoms with Crippen LogP contribution in [0.5, 0.6) is 0 Å². The third kappa shape index (κ3) is 10.9. The standard InChI is InChI=1S/C26H33.C24H29.2ClH.Zr/c1-17(2)19-12-18-10-9-11-23(24(18)15-19)20-13-21(25(3,4)5)16-22(14-20)26(6,7)8;1-16-11-17-9-8-10-21(22(17)12-16)18-13-19(23(2,3)4)15-20(14-18)24(5,6)7;;;/h9-17H,1-8H3;8-15H,1-7H3;2*1H;/q2*-1;;;+4/p-2. The average Bonchev–Trinajstić information content (AvgIpc) is 3.62. The summed E-state index contributed by atoms with van der Waals surface area (Å²) < 4.78 is 0. The Morgan fingerprint density at radius 3 is 1.13 bits per heavy atom. The summed E-state index contributed by atoms with van der Waals surface area (Å²) in [4.78, 5) is 0. The molecule has 3 heteroatoms. The van der Waals surface area contributed by atoms with Crippen LogP contribution in [0, 0.1) is 6.92 Å². The molecule has 0 atom stereocenters. The molecular formula is C50H62Cl2Zr. The summed E-state index contributed by atoms with van der Waals surface area (Å²) in [5.41, 5.74) is 14.3. The Labute approximate surface area is 354 Å². The van der Waals surface area contributed by atoms with Crippen molar-refractivity contribution in [2.24, 2.45) is 0 Å². The van der Waals surface area contributed by atoms with E-state index >= 15 is 0 Å². The van der Waals surface area contributed by atoms with Crippen LogP contribution in [0.2, 0.25) is 0 Å². The predicted molar refractivity (Wildman–Crippen MR) is 224 cm³/mol. The second-order valence-corrected chi connectivity index (χ2v) is 19.2. The smallest absolute Gasteiger partial charge is 1.00 e. The summed E-state index contributed by atoms with van der Waals surface area (Å²) in [6.45, 7) is 34.3. The molecule has 0 aliphatic heterocycles. The first-order chi connectivity index (χ1) is 23.0. The van der Waals surface area contributed by atoms with Crippen LogP contribution in [0.1, 0.15) is 136 Å². The number of benzene rings is 4. The summed E-state index contributed by atoms with van der Waals surface area (Å²) in [6.07, 6.45) is 0. The van der Waals surface area contributed by atoms with Gasteiger partial charge in [-0.15, -0.1) is 69.1 Å². The van der Waals surface area contributed by atoms with Gasteiger partial charge in [-0.2, -0.15) is 12.1 Å². The fraction of sp³-hybridized carbons (Fsp3) is 0.400. The molecule has 0 aliphatic carbocycles. The molecule has 0 saturated heterocycles. The van der Waals surface area contributed by atoms with Crippen LogP contribution in [-0.2, 0) is 47.9 Å². The quantitative estimate of drug-likeness (QED) is 0.156. The molecule has 0 radical (unpaired) electrons. The number of hydrogen-bond donors (Lipinski definition) is 0. The number of aryl methyl sites for hydroxylation is 1. The molecule has 0 fully saturated rings. The second-order valence-electron chi connectivity index (χ2n) is 19.2. The van der Waals surface area contributed by atoms with Gasteiger partial charge in [0, 0.05) is 0 Å². The van der Waals surface area contributed by atoms with E-state index in [9.17, 15) is 0 Å². The summed E-state index contributed by atoms with van der Waals surface area (Å²) in [5.74, 6) is 0.557. The first-order valence-corrected chi connectivity index (χ1v) is 18.7. The summed E-state index contributed by atoms with van der Waals surface area (Å²) in [5, 5.41) is 5.43. The molecule has 0 aliphatic rings. The SMILES string of the molecule is CC(C)c1cc2c(-c3cc(C(C)(C)C)cc(C(C)(C)C)c3)cccc2[cH-]1.Cc1cc2c(-c3cc(C(C)(C)C)cc(C(C)(C)C)c3)cccc2[cH-]1.[Cl-].[Cl-].[Zr+4]. The van der Waals surface area contributed by atoms with Gasteiger partial charge >= 0.3 is 26.2 Å². The molecule has 280 valence electrons. The molecule has 0 bridgehead atoms. The molecular weight excluding hydrogens is 763 g/mol. The van der Waals surface area contributed by atoms with Crippen molar-refractivity contribution in [1.82, 2.24) is 0 Å². The third-order valence-corrected chi connectivity index (χ3v) is 10.3. The van der Waals surface area contributed by atoms with Gasteiger partial charge in [0.15, 0.2) is 0 Å². The predicted octanol–water partition coefficient (Wildman–Crippen LogP) is 9.08. The van der Waals surface area contributed by atoms with Crippen LogP contribution in [-0.4, -0.2) is 0 Å². The Hall–Kier alpha value is -2.44. The van der Waals surface area contributed by atoms with E-state index in [1.807, 2.05) is 0 Å². The van der Waals surface area contributed by atoms with Gasteiger partial charge in [-0.3, -0.25) is 0 Å². The third-order valence-electron chi connectivity index (χ3n) is 10.3. The Kier molecular flexibility index (Phi) is 15.1. The Morgan fingerprint density at radius 1 is 0.453 bits per heavy atom. The molecule has 53 heavy (non-hydrogen) atoms. The van der Waals surface area contributed by atoms with E-state index in [1.54, 1.807) is 0 Å². The van der Waals surface area contributed by atoms with Crippen molar-refractivity contribution in [3.63, 3.8) is 0 Å². The van der Waals surface area contributed by atoms with E-state index in [1.165, 1.54) is 77.2 Å². The van der Waals surface area contributed by atoms with Crippen molar-refractivity contribution in [2.45, 2.75) is 131 Å². The summed E-state index contributed by atoms with van der Waals surface area (Å²) >= 11 is 0. The maximum absolute atomic E-state index is 2.40. The molecule has 6 aromatic carbocycles. The van der Waals surface area contributed by atoms with Gasteiger partial charge in [0.2, 0.25) is 0 Å². The topological polar surface area (TPSA) is 0 Å². The van der Waals surface area contributed by atoms with Gasteiger partial charge in [0.25, 0.3) is 0 Å². The molecule has 0 N–H and O–H groups in total. The largest absolute Gasteiger partial charge is 4.00 e. The van der Waals surface area contributed by atoms with Crippen LogP contribution < -0.4 is 24.8 Å². The molecule has 0 heterocycles. The number of halogens is 2. The van der Waals surface area contributed by atoms with Crippen molar-refractivity contribution in [3.8, 4) is 22.3 Å². The molecule has 0 spiro atoms. The average molecular weight is 825 g/mol. The minimum Gasteiger partial charge on any atom is -1.00 e. The second kappa shape index (κ2) is 17.1. The van der Waals surface area contributed by atoms with Gasteiger partial charge in [0.05, 0.1) is 0 Å². The van der Waals surface area contributed by atoms with Crippen LogP contribution in [0.25, 0.3) is 43.8 Å². The molecule has 6 rings (SSSR count). The molecule has 0 aromatic heterocycles. The van der Waals surface area contributed by atoms with E-state index in [4.69, 9.17) is 0 Å². The van der Waals surface area contributed by atoms with Crippen molar-refractivity contribution in [3.05, 3.63) is 130 Å². The first kappa shape index (κ1) is 46.7. The first-order valence-electron chi connectivity index (χ1n) is 18.7. The maximum atomic E-state index is 2.40. The van der Waals surface area contributed by atoms with Gasteiger partial charge in [-0.05, 0) is 61.0 Å². The summed E-state index contributed by atoms with van der Waals surface area (Å²) in [6, 6.07) is 37.0. The Morgan fingerprint density at radius 2 is 0.792 bits per heavy atom. The zero-order valence-electron chi connectivity index (χ0n) is 35.1. The molecule has 6 aromatic rings. The number of fused-ring (bicyclic) bond motifs is 2. The van der Waals surface area contributed by atoms with Crippen molar-refractivity contribution < 1.29 is 51.0 Å². The monoisotopic (exact) mass is 822 g/mol. The zero-order chi connectivity index (χ0) is 37.0. The number of rotatable bonds is 3. The molecule has 0 unspecified atom stereocenters. The van der Waals surface area contributed by atoms with Gasteiger partial charge in [-0.1, -0.05) is 164 Å². The van der Waals surface area contributed by atoms with Crippen molar-refractivity contribution in [2.75, 3.05) is 0 Å². The molecule has 0 nitrogen and oxygen atoms in total. The van der Waals surface area contributed by atoms with Crippen LogP contribution in [0.4, 0.5) is 0 Å². The van der Waals surface area contributed by atoms with Crippen LogP contribution in [0.15, 0.2) is 97.1 Å². The Balaban J connectivity index is 0.000000348. The van der Waals surface area contributed by atoms with E-state index < -0.39 is 0 Å². The van der Waals surface area contributed by atoms with Gasteiger partial charge in [-0.25, -0.2) is 0 Å². The minimum absolute atomic E-state index is 0. The van der Waals surface area contributed by atoms with E-state index in [0.717, 1.165) is 0 Å². The fourth-order valence-electron chi connectivity index (χ4n) is 6.78. The maximum Gasteiger partial charge on any atom is 4.00 e. The molecule has 0 amide bonds. The normalized spacial score (nSPS) is 12.2. The fourth-order valence-corrected chi connectivity index (χ4v) is 6.78. The number of hydrogen-bond acceptors (Lipinski definition) is 0. The van der Waals surface area contributed by atoms with E-state index in [-0.39, 0.29) is 72.7 Å². The van der Waals surface area contributed by atoms with Crippen molar-refractivity contribution in [1.29, 1.82) is 0 Å². The van der Waals surface area contributed by atoms with Crippen molar-refractivity contribution >= 4 is 21.5 Å². The van der Waals surface area contributed by atoms with Crippen LogP contribution >= 0.6 is 0 Å². The summed E-state index contributed by atoms with van der Waals surface area (Å²) in [7, 11) is 0. The Bertz CT molecular complexity index is 2060. The van der Waals surface area contributed by atoms with Gasteiger partial charge < -0.3 is 24.8 Å². The van der Waals surface area contributed by atoms with E-state index in [2.05, 4.69) is 201 Å². The van der Waals surface area contributed by atoms with Crippen LogP contribution in [0.3, 0.4) is 0 Å². The zero-order valence-corrected chi connectivity index (χ0v) is 39.0. The minimum atomic E-state index is 0. The molecule has 0 saturated carbocycles. The van der Waals surface area contributed by atoms with E-state index in [0.29, 0.717) is 5.92 Å². The van der Waals surface area contributed by atoms with Gasteiger partial charge in [0.1, 0.15) is 0 Å².